The van der Waals surface area contributed by atoms with Crippen molar-refractivity contribution in [1.29, 1.82) is 0 Å². The van der Waals surface area contributed by atoms with E-state index in [-0.39, 0.29) is 6.04 Å². The van der Waals surface area contributed by atoms with Gasteiger partial charge in [-0.3, -0.25) is 0 Å². The van der Waals surface area contributed by atoms with Gasteiger partial charge in [-0.25, -0.2) is 0 Å². The highest BCUT2D eigenvalue weighted by atomic mass is 16.5. The number of aliphatic hydroxyl groups is 1. The van der Waals surface area contributed by atoms with Crippen LogP contribution in [0.3, 0.4) is 0 Å². The zero-order valence-electron chi connectivity index (χ0n) is 12.0. The Kier molecular flexibility index (Phi) is 4.02. The molecule has 0 radical (unpaired) electrons. The van der Waals surface area contributed by atoms with Gasteiger partial charge in [0.1, 0.15) is 5.75 Å². The van der Waals surface area contributed by atoms with Gasteiger partial charge in [0.25, 0.3) is 0 Å². The van der Waals surface area contributed by atoms with E-state index in [0.717, 1.165) is 42.9 Å². The van der Waals surface area contributed by atoms with Crippen molar-refractivity contribution in [2.75, 3.05) is 25.1 Å². The Labute approximate surface area is 115 Å². The van der Waals surface area contributed by atoms with Crippen LogP contribution in [-0.2, 0) is 0 Å². The molecule has 4 heteroatoms. The summed E-state index contributed by atoms with van der Waals surface area (Å²) in [6, 6.07) is 5.95. The van der Waals surface area contributed by atoms with Gasteiger partial charge < -0.3 is 20.5 Å². The third-order valence-electron chi connectivity index (χ3n) is 3.90. The molecule has 4 nitrogen and oxygen atoms in total. The topological polar surface area (TPSA) is 58.7 Å². The maximum absolute atomic E-state index is 10.0. The highest BCUT2D eigenvalue weighted by molar-refractivity contribution is 5.61. The first-order valence-corrected chi connectivity index (χ1v) is 6.84. The molecule has 1 fully saturated rings. The lowest BCUT2D eigenvalue weighted by Gasteiger charge is -2.38. The number of piperidine rings is 1. The summed E-state index contributed by atoms with van der Waals surface area (Å²) in [4.78, 5) is 2.29. The molecule has 0 aromatic heterocycles. The maximum Gasteiger partial charge on any atom is 0.125 e. The number of hydrogen-bond acceptors (Lipinski definition) is 4. The van der Waals surface area contributed by atoms with Crippen LogP contribution < -0.4 is 15.4 Å². The Hall–Kier alpha value is -1.26. The SMILES string of the molecule is COc1cccc(N2CCC(C)(O)CC2)c1[C@@H](C)N. The van der Waals surface area contributed by atoms with Crippen molar-refractivity contribution in [3.63, 3.8) is 0 Å². The second-order valence-corrected chi connectivity index (χ2v) is 5.67. The number of anilines is 1. The van der Waals surface area contributed by atoms with Gasteiger partial charge >= 0.3 is 0 Å². The van der Waals surface area contributed by atoms with Crippen LogP contribution in [0.25, 0.3) is 0 Å². The number of nitrogens with two attached hydrogens (primary N) is 1. The number of nitrogens with zero attached hydrogens (tertiary/aromatic N) is 1. The van der Waals surface area contributed by atoms with Gasteiger partial charge in [-0.2, -0.15) is 0 Å². The van der Waals surface area contributed by atoms with E-state index in [1.807, 2.05) is 26.0 Å². The molecule has 0 unspecified atom stereocenters. The maximum atomic E-state index is 10.0. The average Bonchev–Trinajstić information content (AvgIpc) is 2.37. The predicted molar refractivity (Wildman–Crippen MR) is 77.7 cm³/mol. The first-order chi connectivity index (χ1) is 8.94. The molecular formula is C15H24N2O2. The fraction of sp³-hybridized carbons (Fsp3) is 0.600. The Morgan fingerprint density at radius 3 is 2.53 bits per heavy atom. The van der Waals surface area contributed by atoms with Crippen molar-refractivity contribution in [2.24, 2.45) is 5.73 Å². The molecule has 1 heterocycles. The quantitative estimate of drug-likeness (QED) is 0.877. The summed E-state index contributed by atoms with van der Waals surface area (Å²) in [5.41, 5.74) is 7.73. The van der Waals surface area contributed by atoms with Crippen LogP contribution in [0, 0.1) is 0 Å². The molecule has 0 spiro atoms. The summed E-state index contributed by atoms with van der Waals surface area (Å²) in [5, 5.41) is 10.0. The number of ether oxygens (including phenoxy) is 1. The highest BCUT2D eigenvalue weighted by Crippen LogP contribution is 2.36. The highest BCUT2D eigenvalue weighted by Gasteiger charge is 2.29. The van der Waals surface area contributed by atoms with Crippen LogP contribution in [0.2, 0.25) is 0 Å². The Bertz CT molecular complexity index is 434. The third-order valence-corrected chi connectivity index (χ3v) is 3.90. The van der Waals surface area contributed by atoms with Crippen molar-refractivity contribution >= 4 is 5.69 Å². The average molecular weight is 264 g/mol. The van der Waals surface area contributed by atoms with Gasteiger partial charge in [-0.1, -0.05) is 6.07 Å². The molecule has 1 atom stereocenters. The van der Waals surface area contributed by atoms with E-state index in [1.165, 1.54) is 0 Å². The standard InChI is InChI=1S/C15H24N2O2/c1-11(16)14-12(5-4-6-13(14)19-3)17-9-7-15(2,18)8-10-17/h4-6,11,18H,7-10,16H2,1-3H3/t11-/m1/s1. The van der Waals surface area contributed by atoms with E-state index in [4.69, 9.17) is 10.5 Å². The van der Waals surface area contributed by atoms with E-state index in [2.05, 4.69) is 11.0 Å². The Balaban J connectivity index is 2.30. The summed E-state index contributed by atoms with van der Waals surface area (Å²) in [7, 11) is 1.67. The van der Waals surface area contributed by atoms with E-state index < -0.39 is 5.60 Å². The van der Waals surface area contributed by atoms with Crippen molar-refractivity contribution in [1.82, 2.24) is 0 Å². The molecule has 1 saturated heterocycles. The van der Waals surface area contributed by atoms with Crippen molar-refractivity contribution < 1.29 is 9.84 Å². The molecule has 2 rings (SSSR count). The van der Waals surface area contributed by atoms with Crippen molar-refractivity contribution in [2.45, 2.75) is 38.3 Å². The van der Waals surface area contributed by atoms with Crippen LogP contribution in [0.1, 0.15) is 38.3 Å². The van der Waals surface area contributed by atoms with E-state index in [0.29, 0.717) is 0 Å². The lowest BCUT2D eigenvalue weighted by molar-refractivity contribution is 0.0351. The first kappa shape index (κ1) is 14.2. The fourth-order valence-corrected chi connectivity index (χ4v) is 2.67. The number of benzene rings is 1. The van der Waals surface area contributed by atoms with Gasteiger partial charge in [0.2, 0.25) is 0 Å². The molecule has 1 aromatic rings. The zero-order valence-corrected chi connectivity index (χ0v) is 12.0. The second-order valence-electron chi connectivity index (χ2n) is 5.67. The van der Waals surface area contributed by atoms with Gasteiger partial charge in [0, 0.05) is 30.4 Å². The summed E-state index contributed by atoms with van der Waals surface area (Å²) >= 11 is 0. The minimum absolute atomic E-state index is 0.0754. The molecule has 1 aromatic carbocycles. The lowest BCUT2D eigenvalue weighted by Crippen LogP contribution is -2.43. The third kappa shape index (κ3) is 3.01. The smallest absolute Gasteiger partial charge is 0.125 e. The van der Waals surface area contributed by atoms with E-state index >= 15 is 0 Å². The second kappa shape index (κ2) is 5.39. The molecule has 3 N–H and O–H groups in total. The molecule has 1 aliphatic heterocycles. The molecule has 0 saturated carbocycles. The first-order valence-electron chi connectivity index (χ1n) is 6.84. The zero-order chi connectivity index (χ0) is 14.0. The fourth-order valence-electron chi connectivity index (χ4n) is 2.67. The van der Waals surface area contributed by atoms with Gasteiger partial charge in [-0.05, 0) is 38.8 Å². The number of hydrogen-bond donors (Lipinski definition) is 2. The molecule has 0 bridgehead atoms. The molecule has 1 aliphatic rings. The van der Waals surface area contributed by atoms with Crippen LogP contribution >= 0.6 is 0 Å². The normalized spacial score (nSPS) is 20.2. The summed E-state index contributed by atoms with van der Waals surface area (Å²) in [6.07, 6.45) is 1.56. The summed E-state index contributed by atoms with van der Waals surface area (Å²) in [6.45, 7) is 5.57. The lowest BCUT2D eigenvalue weighted by atomic mass is 9.92. The Morgan fingerprint density at radius 1 is 1.37 bits per heavy atom. The minimum Gasteiger partial charge on any atom is -0.496 e. The minimum atomic E-state index is -0.538. The van der Waals surface area contributed by atoms with E-state index in [1.54, 1.807) is 7.11 Å². The van der Waals surface area contributed by atoms with Crippen molar-refractivity contribution in [3.8, 4) is 5.75 Å². The molecule has 106 valence electrons. The summed E-state index contributed by atoms with van der Waals surface area (Å²) in [5.74, 6) is 0.838. The van der Waals surface area contributed by atoms with Crippen LogP contribution in [0.5, 0.6) is 5.75 Å². The molecular weight excluding hydrogens is 240 g/mol. The molecule has 0 aliphatic carbocycles. The van der Waals surface area contributed by atoms with E-state index in [9.17, 15) is 5.11 Å². The van der Waals surface area contributed by atoms with Gasteiger partial charge in [-0.15, -0.1) is 0 Å². The number of rotatable bonds is 3. The van der Waals surface area contributed by atoms with Gasteiger partial charge in [0.05, 0.1) is 12.7 Å². The van der Waals surface area contributed by atoms with Crippen LogP contribution in [-0.4, -0.2) is 30.9 Å². The molecule has 19 heavy (non-hydrogen) atoms. The Morgan fingerprint density at radius 2 is 2.00 bits per heavy atom. The molecule has 0 amide bonds. The predicted octanol–water partition coefficient (Wildman–Crippen LogP) is 2.07. The summed E-state index contributed by atoms with van der Waals surface area (Å²) < 4.78 is 5.42. The largest absolute Gasteiger partial charge is 0.496 e. The van der Waals surface area contributed by atoms with Crippen LogP contribution in [0.4, 0.5) is 5.69 Å². The van der Waals surface area contributed by atoms with Crippen molar-refractivity contribution in [3.05, 3.63) is 23.8 Å². The number of methoxy groups -OCH3 is 1. The monoisotopic (exact) mass is 264 g/mol. The van der Waals surface area contributed by atoms with Crippen LogP contribution in [0.15, 0.2) is 18.2 Å². The van der Waals surface area contributed by atoms with Gasteiger partial charge in [0.15, 0.2) is 0 Å².